The summed E-state index contributed by atoms with van der Waals surface area (Å²) in [7, 11) is 0. The van der Waals surface area contributed by atoms with Crippen molar-refractivity contribution < 1.29 is 9.53 Å². The Morgan fingerprint density at radius 2 is 1.93 bits per heavy atom. The van der Waals surface area contributed by atoms with Crippen molar-refractivity contribution in [1.29, 1.82) is 0 Å². The molecule has 8 heteroatoms. The maximum absolute atomic E-state index is 11.8. The number of nitrogens with zero attached hydrogens (tertiary/aromatic N) is 3. The molecule has 1 saturated heterocycles. The highest BCUT2D eigenvalue weighted by Crippen LogP contribution is 2.28. The van der Waals surface area contributed by atoms with E-state index in [0.29, 0.717) is 29.5 Å². The van der Waals surface area contributed by atoms with Gasteiger partial charge in [0.25, 0.3) is 5.91 Å². The van der Waals surface area contributed by atoms with Gasteiger partial charge in [0.2, 0.25) is 0 Å². The molecule has 4 rings (SSSR count). The number of anilines is 3. The number of rotatable bonds is 7. The Morgan fingerprint density at radius 1 is 1.13 bits per heavy atom. The Balaban J connectivity index is 1.47. The van der Waals surface area contributed by atoms with Gasteiger partial charge in [-0.25, -0.2) is 15.0 Å². The number of hydrogen-bond donors (Lipinski definition) is 3. The van der Waals surface area contributed by atoms with Crippen molar-refractivity contribution in [2.45, 2.75) is 25.3 Å². The number of ether oxygens (including phenoxy) is 1. The summed E-state index contributed by atoms with van der Waals surface area (Å²) in [6.07, 6.45) is 6.75. The van der Waals surface area contributed by atoms with Gasteiger partial charge in [-0.1, -0.05) is 12.1 Å². The Hall–Kier alpha value is -3.52. The van der Waals surface area contributed by atoms with E-state index in [1.807, 2.05) is 12.1 Å². The van der Waals surface area contributed by atoms with Crippen LogP contribution < -0.4 is 16.4 Å². The van der Waals surface area contributed by atoms with E-state index in [0.717, 1.165) is 37.4 Å². The SMILES string of the molecule is NC(=O)c1cnc(Nc2ccc(C3CCOCC3)cc2)cc1NCc1ccncn1. The average Bonchev–Trinajstić information content (AvgIpc) is 2.79. The van der Waals surface area contributed by atoms with Crippen LogP contribution in [0.5, 0.6) is 0 Å². The molecule has 2 aromatic heterocycles. The van der Waals surface area contributed by atoms with Crippen LogP contribution in [0.15, 0.2) is 55.1 Å². The van der Waals surface area contributed by atoms with Crippen molar-refractivity contribution in [3.05, 3.63) is 71.9 Å². The van der Waals surface area contributed by atoms with Gasteiger partial charge in [-0.05, 0) is 42.5 Å². The van der Waals surface area contributed by atoms with Crippen molar-refractivity contribution in [2.75, 3.05) is 23.8 Å². The fourth-order valence-electron chi connectivity index (χ4n) is 3.49. The van der Waals surface area contributed by atoms with Crippen LogP contribution in [0.3, 0.4) is 0 Å². The molecule has 1 fully saturated rings. The van der Waals surface area contributed by atoms with Crippen LogP contribution in [0.4, 0.5) is 17.2 Å². The number of nitrogens with one attached hydrogen (secondary N) is 2. The fourth-order valence-corrected chi connectivity index (χ4v) is 3.49. The summed E-state index contributed by atoms with van der Waals surface area (Å²) in [6.45, 7) is 2.09. The van der Waals surface area contributed by atoms with Crippen LogP contribution in [-0.4, -0.2) is 34.1 Å². The predicted molar refractivity (Wildman–Crippen MR) is 115 cm³/mol. The molecule has 0 aliphatic carbocycles. The third-order valence-electron chi connectivity index (χ3n) is 5.15. The molecule has 3 aromatic rings. The molecule has 0 saturated carbocycles. The molecule has 1 aliphatic heterocycles. The second kappa shape index (κ2) is 9.32. The number of carbonyl (C=O) groups is 1. The van der Waals surface area contributed by atoms with Gasteiger partial charge in [-0.2, -0.15) is 0 Å². The Morgan fingerprint density at radius 3 is 2.63 bits per heavy atom. The van der Waals surface area contributed by atoms with Crippen molar-refractivity contribution in [1.82, 2.24) is 15.0 Å². The quantitative estimate of drug-likeness (QED) is 0.554. The Labute approximate surface area is 174 Å². The van der Waals surface area contributed by atoms with E-state index in [-0.39, 0.29) is 0 Å². The van der Waals surface area contributed by atoms with Gasteiger partial charge in [0, 0.05) is 37.4 Å². The van der Waals surface area contributed by atoms with E-state index in [9.17, 15) is 4.79 Å². The molecule has 3 heterocycles. The van der Waals surface area contributed by atoms with Crippen LogP contribution in [0.25, 0.3) is 0 Å². The number of benzene rings is 1. The Kier molecular flexibility index (Phi) is 6.14. The molecule has 1 aromatic carbocycles. The minimum atomic E-state index is -0.542. The summed E-state index contributed by atoms with van der Waals surface area (Å²) < 4.78 is 5.44. The summed E-state index contributed by atoms with van der Waals surface area (Å²) in [5.74, 6) is 0.627. The maximum Gasteiger partial charge on any atom is 0.252 e. The maximum atomic E-state index is 11.8. The van der Waals surface area contributed by atoms with E-state index >= 15 is 0 Å². The molecule has 4 N–H and O–H groups in total. The summed E-state index contributed by atoms with van der Waals surface area (Å²) in [4.78, 5) is 24.2. The lowest BCUT2D eigenvalue weighted by atomic mass is 9.92. The van der Waals surface area contributed by atoms with Crippen molar-refractivity contribution in [2.24, 2.45) is 5.73 Å². The van der Waals surface area contributed by atoms with E-state index in [1.54, 1.807) is 18.3 Å². The number of amides is 1. The van der Waals surface area contributed by atoms with Gasteiger partial charge in [-0.3, -0.25) is 4.79 Å². The van der Waals surface area contributed by atoms with Crippen molar-refractivity contribution >= 4 is 23.1 Å². The van der Waals surface area contributed by atoms with Gasteiger partial charge in [0.1, 0.15) is 12.1 Å². The third kappa shape index (κ3) is 4.90. The number of hydrogen-bond acceptors (Lipinski definition) is 7. The topological polar surface area (TPSA) is 115 Å². The fraction of sp³-hybridized carbons (Fsp3) is 0.273. The monoisotopic (exact) mass is 404 g/mol. The second-order valence-corrected chi connectivity index (χ2v) is 7.17. The largest absolute Gasteiger partial charge is 0.381 e. The zero-order chi connectivity index (χ0) is 20.8. The van der Waals surface area contributed by atoms with E-state index in [4.69, 9.17) is 10.5 Å². The molecule has 30 heavy (non-hydrogen) atoms. The van der Waals surface area contributed by atoms with Crippen LogP contribution >= 0.6 is 0 Å². The number of nitrogens with two attached hydrogens (primary N) is 1. The lowest BCUT2D eigenvalue weighted by Crippen LogP contribution is -2.15. The van der Waals surface area contributed by atoms with Gasteiger partial charge in [-0.15, -0.1) is 0 Å². The lowest BCUT2D eigenvalue weighted by Gasteiger charge is -2.22. The molecule has 0 radical (unpaired) electrons. The molecule has 1 aliphatic rings. The molecule has 0 unspecified atom stereocenters. The second-order valence-electron chi connectivity index (χ2n) is 7.17. The van der Waals surface area contributed by atoms with Gasteiger partial charge >= 0.3 is 0 Å². The highest BCUT2D eigenvalue weighted by Gasteiger charge is 2.16. The van der Waals surface area contributed by atoms with Gasteiger partial charge in [0.15, 0.2) is 0 Å². The smallest absolute Gasteiger partial charge is 0.252 e. The summed E-state index contributed by atoms with van der Waals surface area (Å²) in [6, 6.07) is 11.9. The normalized spacial score (nSPS) is 14.3. The van der Waals surface area contributed by atoms with Crippen molar-refractivity contribution in [3.63, 3.8) is 0 Å². The third-order valence-corrected chi connectivity index (χ3v) is 5.15. The zero-order valence-corrected chi connectivity index (χ0v) is 16.5. The number of primary amides is 1. The van der Waals surface area contributed by atoms with Gasteiger partial charge < -0.3 is 21.1 Å². The van der Waals surface area contributed by atoms with E-state index in [1.165, 1.54) is 18.1 Å². The summed E-state index contributed by atoms with van der Waals surface area (Å²) in [5.41, 5.74) is 9.47. The van der Waals surface area contributed by atoms with Crippen molar-refractivity contribution in [3.8, 4) is 0 Å². The number of aromatic nitrogens is 3. The molecular formula is C22H24N6O2. The molecule has 1 amide bonds. The Bertz CT molecular complexity index is 988. The highest BCUT2D eigenvalue weighted by atomic mass is 16.5. The minimum Gasteiger partial charge on any atom is -0.381 e. The molecule has 0 atom stereocenters. The summed E-state index contributed by atoms with van der Waals surface area (Å²) >= 11 is 0. The molecule has 154 valence electrons. The first kappa shape index (κ1) is 19.8. The van der Waals surface area contributed by atoms with E-state index in [2.05, 4.69) is 37.7 Å². The van der Waals surface area contributed by atoms with Crippen LogP contribution in [0.1, 0.15) is 40.4 Å². The number of pyridine rings is 1. The molecule has 0 spiro atoms. The first-order valence-electron chi connectivity index (χ1n) is 9.92. The highest BCUT2D eigenvalue weighted by molar-refractivity contribution is 5.98. The average molecular weight is 404 g/mol. The first-order chi connectivity index (χ1) is 14.7. The lowest BCUT2D eigenvalue weighted by molar-refractivity contribution is 0.0853. The summed E-state index contributed by atoms with van der Waals surface area (Å²) in [5, 5.41) is 6.49. The van der Waals surface area contributed by atoms with Crippen LogP contribution in [-0.2, 0) is 11.3 Å². The van der Waals surface area contributed by atoms with Crippen LogP contribution in [0.2, 0.25) is 0 Å². The first-order valence-corrected chi connectivity index (χ1v) is 9.92. The predicted octanol–water partition coefficient (Wildman–Crippen LogP) is 3.22. The van der Waals surface area contributed by atoms with Crippen LogP contribution in [0, 0.1) is 0 Å². The van der Waals surface area contributed by atoms with E-state index < -0.39 is 5.91 Å². The standard InChI is InChI=1S/C22H24N6O2/c23-22(29)19-13-26-21(11-20(19)25-12-18-5-8-24-14-27-18)28-17-3-1-15(2-4-17)16-6-9-30-10-7-16/h1-5,8,11,13-14,16H,6-7,9-10,12H2,(H2,23,29)(H2,25,26,28). The molecule has 0 bridgehead atoms. The molecular weight excluding hydrogens is 380 g/mol. The molecule has 8 nitrogen and oxygen atoms in total. The zero-order valence-electron chi connectivity index (χ0n) is 16.5. The number of carbonyl (C=O) groups excluding carboxylic acids is 1. The minimum absolute atomic E-state index is 0.324. The van der Waals surface area contributed by atoms with Gasteiger partial charge in [0.05, 0.1) is 23.5 Å².